The van der Waals surface area contributed by atoms with E-state index in [1.807, 2.05) is 0 Å². The lowest BCUT2D eigenvalue weighted by molar-refractivity contribution is -0.161. The summed E-state index contributed by atoms with van der Waals surface area (Å²) in [7, 11) is -4.73. The Labute approximate surface area is 405 Å². The summed E-state index contributed by atoms with van der Waals surface area (Å²) in [6.45, 7) is 4.66. The van der Waals surface area contributed by atoms with Gasteiger partial charge in [0.2, 0.25) is 0 Å². The zero-order valence-corrected chi connectivity index (χ0v) is 43.8. The summed E-state index contributed by atoms with van der Waals surface area (Å²) in [5.41, 5.74) is 0. The third kappa shape index (κ3) is 47.3. The monoisotopic (exact) mass is 959 g/mol. The number of carbonyl (C=O) groups excluding carboxylic acids is 3. The molecule has 2 N–H and O–H groups in total. The lowest BCUT2D eigenvalue weighted by Crippen LogP contribution is -2.30. The van der Waals surface area contributed by atoms with Gasteiger partial charge in [-0.3, -0.25) is 23.4 Å². The van der Waals surface area contributed by atoms with Crippen LogP contribution in [0.2, 0.25) is 0 Å². The second kappa shape index (κ2) is 49.6. The van der Waals surface area contributed by atoms with Crippen molar-refractivity contribution < 1.29 is 52.2 Å². The molecule has 3 unspecified atom stereocenters. The predicted molar refractivity (Wildman–Crippen MR) is 270 cm³/mol. The number of aliphatic hydroxyl groups excluding tert-OH is 1. The minimum atomic E-state index is -4.73. The van der Waals surface area contributed by atoms with E-state index >= 15 is 0 Å². The topological polar surface area (TPSA) is 155 Å². The van der Waals surface area contributed by atoms with Gasteiger partial charge in [0.1, 0.15) is 12.7 Å². The van der Waals surface area contributed by atoms with Gasteiger partial charge in [0.25, 0.3) is 0 Å². The summed E-state index contributed by atoms with van der Waals surface area (Å²) < 4.78 is 39.4. The molecule has 0 amide bonds. The Kier molecular flexibility index (Phi) is 48.3. The van der Waals surface area contributed by atoms with Crippen LogP contribution in [0.5, 0.6) is 0 Å². The average molecular weight is 959 g/mol. The summed E-state index contributed by atoms with van der Waals surface area (Å²) in [5, 5.41) is 9.77. The van der Waals surface area contributed by atoms with Gasteiger partial charge < -0.3 is 24.2 Å². The molecular formula is C54H103O11P. The lowest BCUT2D eigenvalue weighted by atomic mass is 10.0. The Morgan fingerprint density at radius 2 is 0.697 bits per heavy atom. The van der Waals surface area contributed by atoms with Gasteiger partial charge in [-0.05, 0) is 44.9 Å². The molecule has 12 heteroatoms. The zero-order chi connectivity index (χ0) is 48.4. The van der Waals surface area contributed by atoms with Crippen molar-refractivity contribution in [1.82, 2.24) is 0 Å². The molecule has 0 saturated heterocycles. The molecule has 0 aromatic carbocycles. The lowest BCUT2D eigenvalue weighted by Gasteiger charge is -2.21. The van der Waals surface area contributed by atoms with Crippen LogP contribution in [-0.4, -0.2) is 66.5 Å². The van der Waals surface area contributed by atoms with Crippen molar-refractivity contribution in [2.45, 2.75) is 290 Å². The maximum atomic E-state index is 12.8. The van der Waals surface area contributed by atoms with Crippen LogP contribution >= 0.6 is 7.82 Å². The van der Waals surface area contributed by atoms with E-state index < -0.39 is 57.8 Å². The molecule has 0 aliphatic heterocycles. The van der Waals surface area contributed by atoms with E-state index in [9.17, 15) is 28.9 Å². The van der Waals surface area contributed by atoms with E-state index in [0.29, 0.717) is 19.3 Å². The highest BCUT2D eigenvalue weighted by Crippen LogP contribution is 2.43. The molecule has 0 spiro atoms. The fraction of sp³-hybridized carbons (Fsp3) is 0.907. The number of phosphoric acid groups is 1. The van der Waals surface area contributed by atoms with Gasteiger partial charge in [0, 0.05) is 19.3 Å². The second-order valence-corrected chi connectivity index (χ2v) is 20.2. The number of phosphoric ester groups is 1. The number of ether oxygens (including phenoxy) is 3. The van der Waals surface area contributed by atoms with Gasteiger partial charge in [-0.2, -0.15) is 0 Å². The third-order valence-electron chi connectivity index (χ3n) is 12.2. The maximum absolute atomic E-state index is 12.8. The first-order chi connectivity index (χ1) is 32.2. The molecule has 0 heterocycles. The SMILES string of the molecule is CCCCCCCC/C=C\CCCCCCCC(=O)OCC(COP(=O)(O)OCC(CO)OC(=O)CCCCCCCCCCCCC)OC(=O)CCCCCCCCCCCCCCC. The summed E-state index contributed by atoms with van der Waals surface area (Å²) in [6, 6.07) is 0. The van der Waals surface area contributed by atoms with Gasteiger partial charge in [-0.25, -0.2) is 4.57 Å². The van der Waals surface area contributed by atoms with Crippen LogP contribution in [0.25, 0.3) is 0 Å². The molecule has 3 atom stereocenters. The number of rotatable bonds is 52. The van der Waals surface area contributed by atoms with Crippen LogP contribution in [0, 0.1) is 0 Å². The van der Waals surface area contributed by atoms with Gasteiger partial charge >= 0.3 is 25.7 Å². The fourth-order valence-electron chi connectivity index (χ4n) is 7.94. The maximum Gasteiger partial charge on any atom is 0.472 e. The molecule has 0 aromatic heterocycles. The number of allylic oxidation sites excluding steroid dienone is 2. The number of aliphatic hydroxyl groups is 1. The molecule has 390 valence electrons. The average Bonchev–Trinajstić information content (AvgIpc) is 3.30. The molecule has 11 nitrogen and oxygen atoms in total. The Bertz CT molecular complexity index is 1160. The number of hydrogen-bond donors (Lipinski definition) is 2. The third-order valence-corrected chi connectivity index (χ3v) is 13.1. The van der Waals surface area contributed by atoms with Crippen LogP contribution in [0.4, 0.5) is 0 Å². The normalized spacial score (nSPS) is 13.5. The number of unbranched alkanes of at least 4 members (excludes halogenated alkanes) is 33. The Morgan fingerprint density at radius 3 is 1.05 bits per heavy atom. The van der Waals surface area contributed by atoms with Gasteiger partial charge in [-0.1, -0.05) is 226 Å². The molecular weight excluding hydrogens is 856 g/mol. The first kappa shape index (κ1) is 64.2. The van der Waals surface area contributed by atoms with Gasteiger partial charge in [-0.15, -0.1) is 0 Å². The molecule has 0 fully saturated rings. The van der Waals surface area contributed by atoms with Crippen LogP contribution in [-0.2, 0) is 42.2 Å². The van der Waals surface area contributed by atoms with Crippen molar-refractivity contribution in [3.63, 3.8) is 0 Å². The Morgan fingerprint density at radius 1 is 0.409 bits per heavy atom. The largest absolute Gasteiger partial charge is 0.472 e. The van der Waals surface area contributed by atoms with Gasteiger partial charge in [0.15, 0.2) is 6.10 Å². The van der Waals surface area contributed by atoms with Crippen molar-refractivity contribution in [2.24, 2.45) is 0 Å². The van der Waals surface area contributed by atoms with Crippen LogP contribution in [0.1, 0.15) is 278 Å². The van der Waals surface area contributed by atoms with Crippen LogP contribution < -0.4 is 0 Å². The number of esters is 3. The van der Waals surface area contributed by atoms with Crippen molar-refractivity contribution in [3.05, 3.63) is 12.2 Å². The van der Waals surface area contributed by atoms with E-state index in [0.717, 1.165) is 77.0 Å². The minimum absolute atomic E-state index is 0.174. The van der Waals surface area contributed by atoms with Crippen molar-refractivity contribution in [3.8, 4) is 0 Å². The van der Waals surface area contributed by atoms with Crippen molar-refractivity contribution in [1.29, 1.82) is 0 Å². The molecule has 0 aliphatic carbocycles. The molecule has 0 aliphatic rings. The molecule has 0 saturated carbocycles. The number of carbonyl (C=O) groups is 3. The molecule has 0 aromatic rings. The first-order valence-corrected chi connectivity index (χ1v) is 29.1. The smallest absolute Gasteiger partial charge is 0.462 e. The van der Waals surface area contributed by atoms with E-state index in [2.05, 4.69) is 32.9 Å². The Hall–Kier alpha value is -1.78. The van der Waals surface area contributed by atoms with E-state index in [1.165, 1.54) is 141 Å². The highest BCUT2D eigenvalue weighted by atomic mass is 31.2. The molecule has 66 heavy (non-hydrogen) atoms. The molecule has 0 radical (unpaired) electrons. The molecule has 0 rings (SSSR count). The minimum Gasteiger partial charge on any atom is -0.462 e. The van der Waals surface area contributed by atoms with Crippen LogP contribution in [0.3, 0.4) is 0 Å². The highest BCUT2D eigenvalue weighted by molar-refractivity contribution is 7.47. The van der Waals surface area contributed by atoms with E-state index in [-0.39, 0.29) is 25.9 Å². The van der Waals surface area contributed by atoms with Crippen LogP contribution in [0.15, 0.2) is 12.2 Å². The van der Waals surface area contributed by atoms with Crippen molar-refractivity contribution >= 4 is 25.7 Å². The second-order valence-electron chi connectivity index (χ2n) is 18.8. The summed E-state index contributed by atoms with van der Waals surface area (Å²) in [5.74, 6) is -1.45. The van der Waals surface area contributed by atoms with E-state index in [1.54, 1.807) is 0 Å². The standard InChI is InChI=1S/C54H103O11P/c1-4-7-10-13-16-19-22-24-25-27-29-31-34-37-40-43-52(56)61-47-51(65-54(58)45-42-39-36-33-30-26-23-20-17-14-11-8-5-2)49-63-66(59,60)62-48-50(46-55)64-53(57)44-41-38-35-32-28-21-18-15-12-9-6-3/h24-25,50-51,55H,4-23,26-49H2,1-3H3,(H,59,60)/b25-24-. The highest BCUT2D eigenvalue weighted by Gasteiger charge is 2.28. The molecule has 0 bridgehead atoms. The zero-order valence-electron chi connectivity index (χ0n) is 42.9. The summed E-state index contributed by atoms with van der Waals surface area (Å²) in [6.07, 6.45) is 46.0. The predicted octanol–water partition coefficient (Wildman–Crippen LogP) is 15.7. The quantitative estimate of drug-likeness (QED) is 0.0197. The van der Waals surface area contributed by atoms with Crippen molar-refractivity contribution in [2.75, 3.05) is 26.4 Å². The fourth-order valence-corrected chi connectivity index (χ4v) is 8.72. The number of hydrogen-bond acceptors (Lipinski definition) is 10. The first-order valence-electron chi connectivity index (χ1n) is 27.6. The Balaban J connectivity index is 4.70. The summed E-state index contributed by atoms with van der Waals surface area (Å²) in [4.78, 5) is 48.3. The van der Waals surface area contributed by atoms with Gasteiger partial charge in [0.05, 0.1) is 19.8 Å². The summed E-state index contributed by atoms with van der Waals surface area (Å²) >= 11 is 0. The van der Waals surface area contributed by atoms with E-state index in [4.69, 9.17) is 23.3 Å².